The fourth-order valence-electron chi connectivity index (χ4n) is 4.65. The molecule has 13 heteroatoms. The van der Waals surface area contributed by atoms with Gasteiger partial charge in [0, 0.05) is 34.8 Å². The van der Waals surface area contributed by atoms with Gasteiger partial charge >= 0.3 is 6.36 Å². The molecule has 2 aliphatic rings. The number of hydrogen-bond donors (Lipinski definition) is 2. The number of amidine groups is 1. The summed E-state index contributed by atoms with van der Waals surface area (Å²) in [5.74, 6) is -3.35. The largest absolute Gasteiger partial charge is 0.573 e. The van der Waals surface area contributed by atoms with Crippen molar-refractivity contribution in [3.63, 3.8) is 0 Å². The van der Waals surface area contributed by atoms with Crippen LogP contribution in [-0.4, -0.2) is 47.7 Å². The quantitative estimate of drug-likeness (QED) is 0.122. The van der Waals surface area contributed by atoms with Crippen LogP contribution in [0.15, 0.2) is 58.2 Å². The van der Waals surface area contributed by atoms with Crippen LogP contribution in [0.2, 0.25) is 0 Å². The van der Waals surface area contributed by atoms with Crippen molar-refractivity contribution in [1.29, 1.82) is 0 Å². The number of piperidine rings is 1. The van der Waals surface area contributed by atoms with Gasteiger partial charge in [0.2, 0.25) is 0 Å². The van der Waals surface area contributed by atoms with Crippen molar-refractivity contribution >= 4 is 11.5 Å². The van der Waals surface area contributed by atoms with Crippen LogP contribution in [0.5, 0.6) is 5.75 Å². The number of nitrogens with two attached hydrogens (primary N) is 1. The highest BCUT2D eigenvalue weighted by atomic mass is 19.4. The lowest BCUT2D eigenvalue weighted by molar-refractivity contribution is -0.274. The molecule has 2 fully saturated rings. The number of aromatic nitrogens is 1. The first-order valence-corrected chi connectivity index (χ1v) is 12.2. The van der Waals surface area contributed by atoms with Crippen molar-refractivity contribution in [2.45, 2.75) is 50.2 Å². The number of alkyl halides is 5. The minimum absolute atomic E-state index is 0.00212. The number of benzene rings is 2. The summed E-state index contributed by atoms with van der Waals surface area (Å²) >= 11 is 0. The molecule has 39 heavy (non-hydrogen) atoms. The maximum absolute atomic E-state index is 15.2. The molecule has 5 rings (SSSR count). The van der Waals surface area contributed by atoms with Gasteiger partial charge in [-0.05, 0) is 55.7 Å². The van der Waals surface area contributed by atoms with Gasteiger partial charge in [-0.2, -0.15) is 0 Å². The van der Waals surface area contributed by atoms with Gasteiger partial charge in [0.15, 0.2) is 5.84 Å². The van der Waals surface area contributed by atoms with Crippen molar-refractivity contribution in [2.75, 3.05) is 18.0 Å². The minimum atomic E-state index is -4.93. The van der Waals surface area contributed by atoms with Crippen LogP contribution in [0.3, 0.4) is 0 Å². The van der Waals surface area contributed by atoms with Gasteiger partial charge in [0.25, 0.3) is 5.92 Å². The Morgan fingerprint density at radius 1 is 1.13 bits per heavy atom. The van der Waals surface area contributed by atoms with Gasteiger partial charge < -0.3 is 29.8 Å². The maximum atomic E-state index is 15.2. The Labute approximate surface area is 219 Å². The fourth-order valence-corrected chi connectivity index (χ4v) is 4.65. The molecule has 0 spiro atoms. The van der Waals surface area contributed by atoms with E-state index >= 15 is 8.78 Å². The van der Waals surface area contributed by atoms with Crippen molar-refractivity contribution in [3.8, 4) is 17.0 Å². The molecule has 1 saturated heterocycles. The highest BCUT2D eigenvalue weighted by molar-refractivity contribution is 5.97. The number of nitrogens with zero attached hydrogens (tertiary/aromatic N) is 3. The summed E-state index contributed by atoms with van der Waals surface area (Å²) in [7, 11) is 0. The fraction of sp³-hybridized carbons (Fsp3) is 0.385. The van der Waals surface area contributed by atoms with Crippen molar-refractivity contribution < 1.29 is 41.2 Å². The van der Waals surface area contributed by atoms with E-state index in [1.54, 1.807) is 24.3 Å². The lowest BCUT2D eigenvalue weighted by Gasteiger charge is -2.39. The average molecular weight is 553 g/mol. The monoisotopic (exact) mass is 552 g/mol. The second-order valence-corrected chi connectivity index (χ2v) is 9.50. The third-order valence-electron chi connectivity index (χ3n) is 6.73. The SMILES string of the molecule is NC(=NO)c1ccc(N2CCC(OCc3c(-c4ccccc4OC(F)(F)F)noc3C3CC3)C(F)(F)C2)cc1. The molecule has 3 aromatic rings. The molecule has 1 saturated carbocycles. The number of halogens is 5. The van der Waals surface area contributed by atoms with Crippen LogP contribution in [0.25, 0.3) is 11.3 Å². The van der Waals surface area contributed by atoms with Gasteiger partial charge in [-0.3, -0.25) is 0 Å². The standard InChI is InChI=1S/C26H25F5N4O4/c27-25(28)14-35(17-9-7-16(8-10-17)24(32)33-36)12-11-21(25)37-13-19-22(34-39-23(19)15-5-6-15)18-3-1-2-4-20(18)38-26(29,30)31/h1-4,7-10,15,21,36H,5-6,11-14H2,(H2,32,33). The summed E-state index contributed by atoms with van der Waals surface area (Å²) < 4.78 is 84.7. The van der Waals surface area contributed by atoms with Gasteiger partial charge in [-0.15, -0.1) is 13.2 Å². The second-order valence-electron chi connectivity index (χ2n) is 9.50. The Morgan fingerprint density at radius 3 is 2.49 bits per heavy atom. The van der Waals surface area contributed by atoms with Crippen LogP contribution >= 0.6 is 0 Å². The number of oxime groups is 1. The van der Waals surface area contributed by atoms with Crippen LogP contribution in [0.4, 0.5) is 27.6 Å². The Bertz CT molecular complexity index is 1340. The molecule has 2 heterocycles. The molecular weight excluding hydrogens is 527 g/mol. The minimum Gasteiger partial charge on any atom is -0.409 e. The smallest absolute Gasteiger partial charge is 0.409 e. The topological polar surface area (TPSA) is 106 Å². The van der Waals surface area contributed by atoms with E-state index in [4.69, 9.17) is 20.2 Å². The number of hydrogen-bond acceptors (Lipinski definition) is 7. The van der Waals surface area contributed by atoms with E-state index in [0.717, 1.165) is 18.9 Å². The Kier molecular flexibility index (Phi) is 7.10. The van der Waals surface area contributed by atoms with Crippen molar-refractivity contribution in [1.82, 2.24) is 5.16 Å². The van der Waals surface area contributed by atoms with Crippen LogP contribution < -0.4 is 15.4 Å². The first-order chi connectivity index (χ1) is 18.6. The van der Waals surface area contributed by atoms with E-state index in [9.17, 15) is 13.2 Å². The Hall–Kier alpha value is -3.87. The molecule has 2 aromatic carbocycles. The predicted octanol–water partition coefficient (Wildman–Crippen LogP) is 5.64. The molecule has 0 amide bonds. The maximum Gasteiger partial charge on any atom is 0.573 e. The number of para-hydroxylation sites is 1. The number of anilines is 1. The molecule has 1 atom stereocenters. The first kappa shape index (κ1) is 26.7. The van der Waals surface area contributed by atoms with E-state index in [-0.39, 0.29) is 42.6 Å². The highest BCUT2D eigenvalue weighted by Crippen LogP contribution is 2.46. The zero-order chi connectivity index (χ0) is 27.8. The molecule has 208 valence electrons. The number of rotatable bonds is 8. The van der Waals surface area contributed by atoms with E-state index in [2.05, 4.69) is 15.0 Å². The summed E-state index contributed by atoms with van der Waals surface area (Å²) in [6.07, 6.45) is -4.76. The molecule has 3 N–H and O–H groups in total. The number of ether oxygens (including phenoxy) is 2. The summed E-state index contributed by atoms with van der Waals surface area (Å²) in [5, 5.41) is 15.7. The van der Waals surface area contributed by atoms with E-state index in [1.807, 2.05) is 0 Å². The molecular formula is C26H25F5N4O4. The third kappa shape index (κ3) is 5.92. The Balaban J connectivity index is 1.33. The van der Waals surface area contributed by atoms with Gasteiger partial charge in [-0.1, -0.05) is 22.4 Å². The molecule has 8 nitrogen and oxygen atoms in total. The average Bonchev–Trinajstić information content (AvgIpc) is 3.66. The summed E-state index contributed by atoms with van der Waals surface area (Å²) in [6.45, 7) is -0.633. The van der Waals surface area contributed by atoms with E-state index in [0.29, 0.717) is 22.6 Å². The molecule has 1 aromatic heterocycles. The van der Waals surface area contributed by atoms with Crippen molar-refractivity contribution in [2.24, 2.45) is 10.9 Å². The Morgan fingerprint density at radius 2 is 1.85 bits per heavy atom. The van der Waals surface area contributed by atoms with E-state index in [1.165, 1.54) is 23.1 Å². The summed E-state index contributed by atoms with van der Waals surface area (Å²) in [4.78, 5) is 1.51. The summed E-state index contributed by atoms with van der Waals surface area (Å²) in [5.41, 5.74) is 6.99. The molecule has 1 unspecified atom stereocenters. The second kappa shape index (κ2) is 10.4. The molecule has 1 aliphatic heterocycles. The van der Waals surface area contributed by atoms with Crippen LogP contribution in [0, 0.1) is 0 Å². The molecule has 1 aliphatic carbocycles. The zero-order valence-corrected chi connectivity index (χ0v) is 20.5. The molecule has 0 bridgehead atoms. The highest BCUT2D eigenvalue weighted by Gasteiger charge is 2.46. The normalized spacial score (nSPS) is 19.8. The lowest BCUT2D eigenvalue weighted by Crippen LogP contribution is -2.52. The third-order valence-corrected chi connectivity index (χ3v) is 6.73. The van der Waals surface area contributed by atoms with E-state index < -0.39 is 30.7 Å². The van der Waals surface area contributed by atoms with Gasteiger partial charge in [0.05, 0.1) is 13.2 Å². The van der Waals surface area contributed by atoms with Crippen molar-refractivity contribution in [3.05, 3.63) is 65.4 Å². The predicted molar refractivity (Wildman–Crippen MR) is 130 cm³/mol. The summed E-state index contributed by atoms with van der Waals surface area (Å²) in [6, 6.07) is 11.8. The van der Waals surface area contributed by atoms with Gasteiger partial charge in [0.1, 0.15) is 23.3 Å². The first-order valence-electron chi connectivity index (χ1n) is 12.2. The van der Waals surface area contributed by atoms with Crippen LogP contribution in [-0.2, 0) is 11.3 Å². The molecule has 0 radical (unpaired) electrons. The lowest BCUT2D eigenvalue weighted by atomic mass is 10.0. The zero-order valence-electron chi connectivity index (χ0n) is 20.5. The van der Waals surface area contributed by atoms with Gasteiger partial charge in [-0.25, -0.2) is 8.78 Å². The van der Waals surface area contributed by atoms with Crippen LogP contribution in [0.1, 0.15) is 42.1 Å².